The van der Waals surface area contributed by atoms with Gasteiger partial charge >= 0.3 is 24.3 Å². The summed E-state index contributed by atoms with van der Waals surface area (Å²) in [5.74, 6) is -5.51. The summed E-state index contributed by atoms with van der Waals surface area (Å²) in [6, 6.07) is 8.51. The second-order valence-corrected chi connectivity index (χ2v) is 9.89. The lowest BCUT2D eigenvalue weighted by Crippen LogP contribution is -2.46. The average Bonchev–Trinajstić information content (AvgIpc) is 3.36. The maximum absolute atomic E-state index is 10.6. The minimum Gasteiger partial charge on any atom is -0.475 e. The van der Waals surface area contributed by atoms with Crippen LogP contribution in [0.15, 0.2) is 41.2 Å². The Kier molecular flexibility index (Phi) is 11.5. The Morgan fingerprint density at radius 1 is 0.842 bits per heavy atom. The van der Waals surface area contributed by atoms with Gasteiger partial charge in [0.15, 0.2) is 0 Å². The zero-order valence-corrected chi connectivity index (χ0v) is 21.2. The molecular formula is C24H29F6N3O4S. The largest absolute Gasteiger partial charge is 0.490 e. The molecule has 2 N–H and O–H groups in total. The number of rotatable bonds is 4. The molecule has 212 valence electrons. The number of likely N-dealkylation sites (tertiary alicyclic amines) is 2. The summed E-state index contributed by atoms with van der Waals surface area (Å²) in [5, 5.41) is 18.7. The van der Waals surface area contributed by atoms with Gasteiger partial charge in [-0.25, -0.2) is 9.59 Å². The summed E-state index contributed by atoms with van der Waals surface area (Å²) < 4.78 is 63.5. The summed E-state index contributed by atoms with van der Waals surface area (Å²) in [4.78, 5) is 27.5. The van der Waals surface area contributed by atoms with Crippen molar-refractivity contribution in [1.82, 2.24) is 14.8 Å². The second kappa shape index (κ2) is 13.9. The molecule has 4 heterocycles. The topological polar surface area (TPSA) is 94.0 Å². The van der Waals surface area contributed by atoms with Gasteiger partial charge in [-0.3, -0.25) is 14.8 Å². The minimum atomic E-state index is -5.08. The van der Waals surface area contributed by atoms with Gasteiger partial charge in [0, 0.05) is 19.3 Å². The van der Waals surface area contributed by atoms with E-state index >= 15 is 0 Å². The summed E-state index contributed by atoms with van der Waals surface area (Å²) in [6.45, 7) is 7.18. The van der Waals surface area contributed by atoms with Gasteiger partial charge in [0.1, 0.15) is 0 Å². The third-order valence-corrected chi connectivity index (χ3v) is 7.15. The first-order valence-electron chi connectivity index (χ1n) is 11.7. The summed E-state index contributed by atoms with van der Waals surface area (Å²) >= 11 is 1.81. The third-order valence-electron chi connectivity index (χ3n) is 6.42. The van der Waals surface area contributed by atoms with Gasteiger partial charge in [0.05, 0.1) is 5.69 Å². The van der Waals surface area contributed by atoms with E-state index in [2.05, 4.69) is 43.7 Å². The Labute approximate surface area is 219 Å². The molecule has 38 heavy (non-hydrogen) atoms. The predicted octanol–water partition coefficient (Wildman–Crippen LogP) is 5.29. The maximum Gasteiger partial charge on any atom is 0.490 e. The highest BCUT2D eigenvalue weighted by Gasteiger charge is 2.39. The molecule has 0 bridgehead atoms. The molecule has 1 spiro atoms. The van der Waals surface area contributed by atoms with E-state index < -0.39 is 24.3 Å². The first kappa shape index (κ1) is 31.5. The lowest BCUT2D eigenvalue weighted by atomic mass is 9.71. The van der Waals surface area contributed by atoms with Crippen molar-refractivity contribution in [3.63, 3.8) is 0 Å². The molecular weight excluding hydrogens is 540 g/mol. The molecule has 0 aliphatic carbocycles. The molecule has 7 nitrogen and oxygen atoms in total. The minimum absolute atomic E-state index is 0.617. The molecule has 2 aromatic heterocycles. The molecule has 2 aromatic rings. The zero-order chi connectivity index (χ0) is 28.4. The Morgan fingerprint density at radius 3 is 1.68 bits per heavy atom. The van der Waals surface area contributed by atoms with Gasteiger partial charge in [-0.15, -0.1) is 0 Å². The second-order valence-electron chi connectivity index (χ2n) is 9.11. The molecule has 14 heteroatoms. The average molecular weight is 570 g/mol. The van der Waals surface area contributed by atoms with Crippen LogP contribution < -0.4 is 0 Å². The number of nitrogens with zero attached hydrogens (tertiary/aromatic N) is 3. The van der Waals surface area contributed by atoms with Crippen molar-refractivity contribution >= 4 is 23.3 Å². The number of carboxylic acids is 2. The van der Waals surface area contributed by atoms with Crippen LogP contribution in [0.2, 0.25) is 0 Å². The molecule has 0 unspecified atom stereocenters. The van der Waals surface area contributed by atoms with Gasteiger partial charge in [-0.05, 0) is 91.8 Å². The van der Waals surface area contributed by atoms with Gasteiger partial charge in [0.25, 0.3) is 0 Å². The van der Waals surface area contributed by atoms with E-state index in [0.29, 0.717) is 5.41 Å². The van der Waals surface area contributed by atoms with E-state index in [1.807, 2.05) is 23.6 Å². The van der Waals surface area contributed by atoms with E-state index in [1.54, 1.807) is 0 Å². The van der Waals surface area contributed by atoms with E-state index in [-0.39, 0.29) is 0 Å². The monoisotopic (exact) mass is 569 g/mol. The standard InChI is InChI=1S/C20H27N3S.2C2HF3O2/c1-2-9-21-19(3-1)16-23-12-7-20(8-13-23)5-10-22(11-6-20)15-18-4-14-24-17-18;2*3-2(4,5)1(6)7/h1-4,9,14,17H,5-8,10-13,15-16H2;2*(H,6,7). The van der Waals surface area contributed by atoms with Crippen molar-refractivity contribution in [3.05, 3.63) is 52.5 Å². The van der Waals surface area contributed by atoms with Crippen LogP contribution in [0.3, 0.4) is 0 Å². The van der Waals surface area contributed by atoms with Crippen molar-refractivity contribution in [2.75, 3.05) is 26.2 Å². The molecule has 2 fully saturated rings. The van der Waals surface area contributed by atoms with Crippen molar-refractivity contribution in [2.24, 2.45) is 5.41 Å². The van der Waals surface area contributed by atoms with E-state index in [1.165, 1.54) is 63.1 Å². The molecule has 2 saturated heterocycles. The number of hydrogen-bond acceptors (Lipinski definition) is 6. The normalized spacial score (nSPS) is 18.1. The van der Waals surface area contributed by atoms with Crippen molar-refractivity contribution in [1.29, 1.82) is 0 Å². The van der Waals surface area contributed by atoms with E-state index in [9.17, 15) is 26.3 Å². The van der Waals surface area contributed by atoms with Crippen LogP contribution in [-0.4, -0.2) is 75.5 Å². The molecule has 0 radical (unpaired) electrons. The Bertz CT molecular complexity index is 961. The highest BCUT2D eigenvalue weighted by atomic mass is 32.1. The fourth-order valence-corrected chi connectivity index (χ4v) is 4.89. The lowest BCUT2D eigenvalue weighted by Gasteiger charge is -2.47. The number of hydrogen-bond donors (Lipinski definition) is 2. The number of carbonyl (C=O) groups is 2. The Morgan fingerprint density at radius 2 is 1.32 bits per heavy atom. The van der Waals surface area contributed by atoms with Crippen LogP contribution in [0.4, 0.5) is 26.3 Å². The first-order chi connectivity index (χ1) is 17.7. The predicted molar refractivity (Wildman–Crippen MR) is 127 cm³/mol. The van der Waals surface area contributed by atoms with Gasteiger partial charge in [0.2, 0.25) is 0 Å². The zero-order valence-electron chi connectivity index (χ0n) is 20.3. The molecule has 0 aromatic carbocycles. The van der Waals surface area contributed by atoms with Gasteiger partial charge < -0.3 is 10.2 Å². The SMILES string of the molecule is O=C(O)C(F)(F)F.O=C(O)C(F)(F)F.c1ccc(CN2CCC3(CCN(Cc4ccsc4)CC3)CC2)nc1. The summed E-state index contributed by atoms with van der Waals surface area (Å²) in [7, 11) is 0. The van der Waals surface area contributed by atoms with Gasteiger partial charge in [-0.2, -0.15) is 37.7 Å². The number of aromatic nitrogens is 1. The molecule has 4 rings (SSSR count). The third kappa shape index (κ3) is 11.0. The van der Waals surface area contributed by atoms with E-state index in [0.717, 1.165) is 13.1 Å². The summed E-state index contributed by atoms with van der Waals surface area (Å²) in [6.07, 6.45) is -2.76. The van der Waals surface area contributed by atoms with Crippen molar-refractivity contribution in [2.45, 2.75) is 51.1 Å². The smallest absolute Gasteiger partial charge is 0.475 e. The fourth-order valence-electron chi connectivity index (χ4n) is 4.23. The van der Waals surface area contributed by atoms with Crippen molar-refractivity contribution in [3.8, 4) is 0 Å². The van der Waals surface area contributed by atoms with Crippen molar-refractivity contribution < 1.29 is 46.1 Å². The van der Waals surface area contributed by atoms with Crippen LogP contribution in [-0.2, 0) is 22.7 Å². The number of aliphatic carboxylic acids is 2. The van der Waals surface area contributed by atoms with Crippen LogP contribution >= 0.6 is 11.3 Å². The molecule has 2 aliphatic rings. The van der Waals surface area contributed by atoms with Crippen LogP contribution in [0.5, 0.6) is 0 Å². The first-order valence-corrected chi connectivity index (χ1v) is 12.6. The highest BCUT2D eigenvalue weighted by molar-refractivity contribution is 7.07. The quantitative estimate of drug-likeness (QED) is 0.484. The van der Waals surface area contributed by atoms with Crippen LogP contribution in [0.1, 0.15) is 36.9 Å². The molecule has 0 saturated carbocycles. The number of carboxylic acid groups (broad SMARTS) is 2. The van der Waals surface area contributed by atoms with Crippen LogP contribution in [0, 0.1) is 5.41 Å². The number of halogens is 6. The lowest BCUT2D eigenvalue weighted by molar-refractivity contribution is -0.193. The van der Waals surface area contributed by atoms with E-state index in [4.69, 9.17) is 19.8 Å². The Balaban J connectivity index is 0.000000301. The van der Waals surface area contributed by atoms with Crippen LogP contribution in [0.25, 0.3) is 0 Å². The number of piperidine rings is 2. The maximum atomic E-state index is 10.6. The number of pyridine rings is 1. The highest BCUT2D eigenvalue weighted by Crippen LogP contribution is 2.41. The molecule has 2 aliphatic heterocycles. The Hall–Kier alpha value is -2.71. The number of thiophene rings is 1. The molecule has 0 atom stereocenters. The fraction of sp³-hybridized carbons (Fsp3) is 0.542. The van der Waals surface area contributed by atoms with Gasteiger partial charge in [-0.1, -0.05) is 6.07 Å². The number of alkyl halides is 6. The molecule has 0 amide bonds. The summed E-state index contributed by atoms with van der Waals surface area (Å²) in [5.41, 5.74) is 3.31.